The Morgan fingerprint density at radius 3 is 2.90 bits per heavy atom. The van der Waals surface area contributed by atoms with Crippen LogP contribution in [0.1, 0.15) is 22.8 Å². The highest BCUT2D eigenvalue weighted by Crippen LogP contribution is 2.28. The van der Waals surface area contributed by atoms with Crippen molar-refractivity contribution in [1.82, 2.24) is 0 Å². The van der Waals surface area contributed by atoms with Crippen molar-refractivity contribution in [2.75, 3.05) is 11.9 Å². The number of benzene rings is 2. The van der Waals surface area contributed by atoms with E-state index in [9.17, 15) is 4.79 Å². The van der Waals surface area contributed by atoms with Gasteiger partial charge in [0, 0.05) is 10.2 Å². The second kappa shape index (κ2) is 6.00. The molecule has 0 aromatic heterocycles. The Morgan fingerprint density at radius 1 is 1.29 bits per heavy atom. The van der Waals surface area contributed by atoms with Gasteiger partial charge in [-0.25, -0.2) is 0 Å². The Kier molecular flexibility index (Phi) is 4.08. The molecule has 2 aromatic carbocycles. The van der Waals surface area contributed by atoms with E-state index in [0.29, 0.717) is 6.61 Å². The number of amides is 1. The number of halogens is 1. The summed E-state index contributed by atoms with van der Waals surface area (Å²) in [5.74, 6) is -0.121. The Morgan fingerprint density at radius 2 is 2.10 bits per heavy atom. The van der Waals surface area contributed by atoms with E-state index < -0.39 is 6.10 Å². The average molecular weight is 346 g/mol. The zero-order chi connectivity index (χ0) is 14.8. The number of aryl methyl sites for hydroxylation is 1. The number of hydrogen-bond acceptors (Lipinski definition) is 2. The number of hydrogen-bond donors (Lipinski definition) is 1. The lowest BCUT2D eigenvalue weighted by Gasteiger charge is -2.25. The Bertz CT molecular complexity index is 684. The number of nitrogens with one attached hydrogen (secondary N) is 1. The minimum atomic E-state index is -0.529. The highest BCUT2D eigenvalue weighted by atomic mass is 79.9. The lowest BCUT2D eigenvalue weighted by atomic mass is 9.97. The van der Waals surface area contributed by atoms with Gasteiger partial charge in [-0.05, 0) is 48.2 Å². The van der Waals surface area contributed by atoms with Crippen molar-refractivity contribution in [2.24, 2.45) is 0 Å². The second-order valence-corrected chi connectivity index (χ2v) is 6.01. The van der Waals surface area contributed by atoms with Crippen LogP contribution in [0.15, 0.2) is 46.9 Å². The third-order valence-electron chi connectivity index (χ3n) is 3.66. The molecule has 0 bridgehead atoms. The van der Waals surface area contributed by atoms with E-state index in [-0.39, 0.29) is 5.91 Å². The first-order chi connectivity index (χ1) is 10.1. The number of fused-ring (bicyclic) bond motifs is 1. The fraction of sp³-hybridized carbons (Fsp3) is 0.235. The minimum absolute atomic E-state index is 0.121. The molecule has 1 amide bonds. The van der Waals surface area contributed by atoms with Crippen LogP contribution in [0.3, 0.4) is 0 Å². The van der Waals surface area contributed by atoms with Crippen molar-refractivity contribution in [3.8, 4) is 0 Å². The van der Waals surface area contributed by atoms with E-state index in [0.717, 1.165) is 27.7 Å². The molecule has 1 unspecified atom stereocenters. The molecule has 0 fully saturated rings. The van der Waals surface area contributed by atoms with Gasteiger partial charge in [-0.3, -0.25) is 4.79 Å². The summed E-state index contributed by atoms with van der Waals surface area (Å²) in [6.07, 6.45) is 0.330. The Balaban J connectivity index is 1.81. The molecule has 1 N–H and O–H groups in total. The molecule has 1 aliphatic heterocycles. The summed E-state index contributed by atoms with van der Waals surface area (Å²) in [6, 6.07) is 13.7. The smallest absolute Gasteiger partial charge is 0.258 e. The van der Waals surface area contributed by atoms with Crippen LogP contribution in [0.25, 0.3) is 0 Å². The summed E-state index contributed by atoms with van der Waals surface area (Å²) in [6.45, 7) is 2.57. The second-order valence-electron chi connectivity index (χ2n) is 5.15. The zero-order valence-electron chi connectivity index (χ0n) is 11.7. The van der Waals surface area contributed by atoms with Crippen LogP contribution < -0.4 is 5.32 Å². The molecule has 0 saturated carbocycles. The van der Waals surface area contributed by atoms with Crippen LogP contribution >= 0.6 is 15.9 Å². The van der Waals surface area contributed by atoms with Gasteiger partial charge in [0.2, 0.25) is 0 Å². The number of carbonyl (C=O) groups is 1. The van der Waals surface area contributed by atoms with E-state index in [2.05, 4.69) is 27.3 Å². The van der Waals surface area contributed by atoms with E-state index in [1.165, 1.54) is 5.56 Å². The lowest BCUT2D eigenvalue weighted by molar-refractivity contribution is -0.128. The summed E-state index contributed by atoms with van der Waals surface area (Å²) >= 11 is 3.46. The molecule has 0 saturated heterocycles. The maximum absolute atomic E-state index is 12.5. The van der Waals surface area contributed by atoms with Crippen molar-refractivity contribution in [2.45, 2.75) is 19.4 Å². The van der Waals surface area contributed by atoms with Crippen molar-refractivity contribution in [3.63, 3.8) is 0 Å². The van der Waals surface area contributed by atoms with Crippen LogP contribution in [-0.4, -0.2) is 12.5 Å². The zero-order valence-corrected chi connectivity index (χ0v) is 13.3. The molecule has 0 spiro atoms. The van der Waals surface area contributed by atoms with Gasteiger partial charge in [0.15, 0.2) is 6.10 Å². The molecular formula is C17H16BrNO2. The van der Waals surface area contributed by atoms with Gasteiger partial charge < -0.3 is 10.1 Å². The first-order valence-corrected chi connectivity index (χ1v) is 7.71. The van der Waals surface area contributed by atoms with Crippen molar-refractivity contribution >= 4 is 27.5 Å². The first-order valence-electron chi connectivity index (χ1n) is 6.91. The molecule has 3 nitrogen and oxygen atoms in total. The molecule has 2 aromatic rings. The molecule has 0 aliphatic carbocycles. The predicted molar refractivity (Wildman–Crippen MR) is 86.3 cm³/mol. The quantitative estimate of drug-likeness (QED) is 0.892. The highest BCUT2D eigenvalue weighted by molar-refractivity contribution is 9.10. The number of ether oxygens (including phenoxy) is 1. The maximum atomic E-state index is 12.5. The van der Waals surface area contributed by atoms with Gasteiger partial charge in [0.25, 0.3) is 5.91 Å². The van der Waals surface area contributed by atoms with E-state index >= 15 is 0 Å². The normalized spacial score (nSPS) is 17.1. The number of rotatable bonds is 2. The van der Waals surface area contributed by atoms with Crippen LogP contribution in [0.4, 0.5) is 5.69 Å². The van der Waals surface area contributed by atoms with Gasteiger partial charge in [0.05, 0.1) is 6.61 Å². The molecule has 21 heavy (non-hydrogen) atoms. The topological polar surface area (TPSA) is 38.3 Å². The van der Waals surface area contributed by atoms with Gasteiger partial charge in [-0.15, -0.1) is 0 Å². The summed E-state index contributed by atoms with van der Waals surface area (Å²) < 4.78 is 6.70. The SMILES string of the molecule is Cc1cc(NC(=O)C2OCCc3ccccc32)ccc1Br. The average Bonchev–Trinajstić information content (AvgIpc) is 2.50. The predicted octanol–water partition coefficient (Wildman–Crippen LogP) is 4.01. The first kappa shape index (κ1) is 14.3. The van der Waals surface area contributed by atoms with Gasteiger partial charge >= 0.3 is 0 Å². The molecule has 1 heterocycles. The molecule has 1 aliphatic rings. The Hall–Kier alpha value is -1.65. The maximum Gasteiger partial charge on any atom is 0.258 e. The fourth-order valence-corrected chi connectivity index (χ4v) is 2.79. The lowest BCUT2D eigenvalue weighted by Crippen LogP contribution is -2.28. The third kappa shape index (κ3) is 3.01. The molecule has 4 heteroatoms. The standard InChI is InChI=1S/C17H16BrNO2/c1-11-10-13(6-7-15(11)18)19-17(20)16-14-5-3-2-4-12(14)8-9-21-16/h2-7,10,16H,8-9H2,1H3,(H,19,20). The van der Waals surface area contributed by atoms with Crippen LogP contribution in [0.2, 0.25) is 0 Å². The summed E-state index contributed by atoms with van der Waals surface area (Å²) in [4.78, 5) is 12.5. The van der Waals surface area contributed by atoms with Gasteiger partial charge in [-0.2, -0.15) is 0 Å². The number of carbonyl (C=O) groups excluding carboxylic acids is 1. The summed E-state index contributed by atoms with van der Waals surface area (Å²) in [5, 5.41) is 2.94. The molecule has 0 radical (unpaired) electrons. The van der Waals surface area contributed by atoms with Crippen molar-refractivity contribution < 1.29 is 9.53 Å². The molecule has 1 atom stereocenters. The van der Waals surface area contributed by atoms with Crippen molar-refractivity contribution in [1.29, 1.82) is 0 Å². The molecular weight excluding hydrogens is 330 g/mol. The van der Waals surface area contributed by atoms with Crippen LogP contribution in [0.5, 0.6) is 0 Å². The fourth-order valence-electron chi connectivity index (χ4n) is 2.54. The van der Waals surface area contributed by atoms with Crippen LogP contribution in [-0.2, 0) is 16.0 Å². The summed E-state index contributed by atoms with van der Waals surface area (Å²) in [5.41, 5.74) is 4.02. The monoisotopic (exact) mass is 345 g/mol. The van der Waals surface area contributed by atoms with Gasteiger partial charge in [0.1, 0.15) is 0 Å². The number of anilines is 1. The largest absolute Gasteiger partial charge is 0.363 e. The van der Waals surface area contributed by atoms with Gasteiger partial charge in [-0.1, -0.05) is 40.2 Å². The van der Waals surface area contributed by atoms with Crippen molar-refractivity contribution in [3.05, 3.63) is 63.6 Å². The third-order valence-corrected chi connectivity index (χ3v) is 4.55. The molecule has 3 rings (SSSR count). The Labute approximate surface area is 132 Å². The minimum Gasteiger partial charge on any atom is -0.363 e. The highest BCUT2D eigenvalue weighted by Gasteiger charge is 2.27. The van der Waals surface area contributed by atoms with E-state index in [4.69, 9.17) is 4.74 Å². The summed E-state index contributed by atoms with van der Waals surface area (Å²) in [7, 11) is 0. The van der Waals surface area contributed by atoms with Crippen LogP contribution in [0, 0.1) is 6.92 Å². The van der Waals surface area contributed by atoms with E-state index in [1.54, 1.807) is 0 Å². The van der Waals surface area contributed by atoms with E-state index in [1.807, 2.05) is 43.3 Å². The molecule has 108 valence electrons.